The summed E-state index contributed by atoms with van der Waals surface area (Å²) in [5.74, 6) is 0.820. The first kappa shape index (κ1) is 27.7. The van der Waals surface area contributed by atoms with Crippen LogP contribution < -0.4 is 0 Å². The first-order chi connectivity index (χ1) is 18.8. The zero-order valence-corrected chi connectivity index (χ0v) is 24.0. The van der Waals surface area contributed by atoms with Crippen molar-refractivity contribution in [3.63, 3.8) is 0 Å². The van der Waals surface area contributed by atoms with E-state index in [1.54, 1.807) is 25.1 Å². The fourth-order valence-corrected chi connectivity index (χ4v) is 6.01. The molecule has 0 atom stereocenters. The maximum absolute atomic E-state index is 15.0. The summed E-state index contributed by atoms with van der Waals surface area (Å²) in [6.45, 7) is 6.59. The Hall–Kier alpha value is -3.86. The van der Waals surface area contributed by atoms with Crippen LogP contribution in [-0.2, 0) is 16.4 Å². The van der Waals surface area contributed by atoms with Crippen molar-refractivity contribution < 1.29 is 22.3 Å². The second kappa shape index (κ2) is 10.3. The lowest BCUT2D eigenvalue weighted by Gasteiger charge is -2.15. The van der Waals surface area contributed by atoms with Crippen molar-refractivity contribution in [2.45, 2.75) is 39.2 Å². The van der Waals surface area contributed by atoms with Gasteiger partial charge in [0.15, 0.2) is 21.5 Å². The predicted molar refractivity (Wildman–Crippen MR) is 151 cm³/mol. The van der Waals surface area contributed by atoms with E-state index in [2.05, 4.69) is 9.97 Å². The predicted octanol–water partition coefficient (Wildman–Crippen LogP) is 6.18. The number of hydrogen-bond acceptors (Lipinski definition) is 7. The Labute approximate surface area is 236 Å². The molecule has 0 spiro atoms. The van der Waals surface area contributed by atoms with Crippen LogP contribution in [0, 0.1) is 33.5 Å². The van der Waals surface area contributed by atoms with E-state index in [1.165, 1.54) is 12.1 Å². The Morgan fingerprint density at radius 3 is 2.33 bits per heavy atom. The Morgan fingerprint density at radius 1 is 0.950 bits per heavy atom. The van der Waals surface area contributed by atoms with Gasteiger partial charge in [0.25, 0.3) is 0 Å². The van der Waals surface area contributed by atoms with E-state index in [1.807, 2.05) is 43.7 Å². The third-order valence-corrected chi connectivity index (χ3v) is 7.83. The van der Waals surface area contributed by atoms with E-state index in [4.69, 9.17) is 21.0 Å². The van der Waals surface area contributed by atoms with Gasteiger partial charge in [0.05, 0.1) is 22.9 Å². The average molecular weight is 581 g/mol. The summed E-state index contributed by atoms with van der Waals surface area (Å²) in [5.41, 5.74) is 4.69. The van der Waals surface area contributed by atoms with Gasteiger partial charge in [-0.3, -0.25) is 0 Å². The Balaban J connectivity index is 1.81. The molecule has 0 amide bonds. The van der Waals surface area contributed by atoms with Crippen molar-refractivity contribution >= 4 is 21.4 Å². The van der Waals surface area contributed by atoms with Crippen molar-refractivity contribution in [3.05, 3.63) is 88.3 Å². The number of rotatable bonds is 6. The molecule has 11 heteroatoms. The SMILES string of the molecule is Cc1cc(-c2oc(C)nc2-c2cc(-c3cc(F)c(CO)c(S(C)(=O)=O)c3)ccc2-n2cc(C)nc2C)cc(Cl)n1. The highest BCUT2D eigenvalue weighted by Gasteiger charge is 2.23. The minimum absolute atomic E-state index is 0.267. The Morgan fingerprint density at radius 2 is 1.70 bits per heavy atom. The monoisotopic (exact) mass is 580 g/mol. The number of nitrogens with zero attached hydrogens (tertiary/aromatic N) is 4. The van der Waals surface area contributed by atoms with Gasteiger partial charge < -0.3 is 14.1 Å². The van der Waals surface area contributed by atoms with Crippen LogP contribution in [0.25, 0.3) is 39.4 Å². The summed E-state index contributed by atoms with van der Waals surface area (Å²) in [5, 5.41) is 9.95. The zero-order valence-electron chi connectivity index (χ0n) is 22.5. The first-order valence-electron chi connectivity index (χ1n) is 12.3. The van der Waals surface area contributed by atoms with Crippen LogP contribution in [-0.4, -0.2) is 39.3 Å². The molecule has 0 saturated heterocycles. The fourth-order valence-electron chi connectivity index (χ4n) is 4.80. The number of imidazole rings is 1. The van der Waals surface area contributed by atoms with Crippen LogP contribution >= 0.6 is 11.6 Å². The van der Waals surface area contributed by atoms with E-state index in [9.17, 15) is 13.5 Å². The summed E-state index contributed by atoms with van der Waals surface area (Å²) in [7, 11) is -3.82. The molecule has 0 aliphatic rings. The van der Waals surface area contributed by atoms with Crippen LogP contribution in [0.15, 0.2) is 58.0 Å². The molecule has 2 aromatic carbocycles. The van der Waals surface area contributed by atoms with Gasteiger partial charge in [-0.1, -0.05) is 17.7 Å². The van der Waals surface area contributed by atoms with Crippen LogP contribution in [0.1, 0.15) is 28.7 Å². The number of hydrogen-bond donors (Lipinski definition) is 1. The number of benzene rings is 2. The van der Waals surface area contributed by atoms with Crippen LogP contribution in [0.5, 0.6) is 0 Å². The number of aliphatic hydroxyl groups is 1. The summed E-state index contributed by atoms with van der Waals surface area (Å²) < 4.78 is 47.9. The summed E-state index contributed by atoms with van der Waals surface area (Å²) >= 11 is 6.26. The van der Waals surface area contributed by atoms with Gasteiger partial charge >= 0.3 is 0 Å². The van der Waals surface area contributed by atoms with Gasteiger partial charge in [0.2, 0.25) is 0 Å². The van der Waals surface area contributed by atoms with E-state index in [0.29, 0.717) is 50.4 Å². The number of oxazole rings is 1. The molecule has 5 rings (SSSR count). The van der Waals surface area contributed by atoms with E-state index >= 15 is 4.39 Å². The van der Waals surface area contributed by atoms with Gasteiger partial charge in [-0.25, -0.2) is 27.8 Å². The second-order valence-corrected chi connectivity index (χ2v) is 12.0. The molecule has 8 nitrogen and oxygen atoms in total. The van der Waals surface area contributed by atoms with Gasteiger partial charge in [-0.2, -0.15) is 0 Å². The molecule has 0 unspecified atom stereocenters. The highest BCUT2D eigenvalue weighted by molar-refractivity contribution is 7.90. The van der Waals surface area contributed by atoms with Gasteiger partial charge in [0, 0.05) is 41.8 Å². The van der Waals surface area contributed by atoms with Gasteiger partial charge in [-0.15, -0.1) is 0 Å². The van der Waals surface area contributed by atoms with Crippen LogP contribution in [0.3, 0.4) is 0 Å². The first-order valence-corrected chi connectivity index (χ1v) is 14.6. The lowest BCUT2D eigenvalue weighted by atomic mass is 9.97. The van der Waals surface area contributed by atoms with Crippen molar-refractivity contribution in [1.82, 2.24) is 19.5 Å². The molecule has 206 valence electrons. The van der Waals surface area contributed by atoms with Crippen molar-refractivity contribution in [2.75, 3.05) is 6.26 Å². The molecule has 0 fully saturated rings. The highest BCUT2D eigenvalue weighted by atomic mass is 35.5. The quantitative estimate of drug-likeness (QED) is 0.239. The van der Waals surface area contributed by atoms with E-state index in [0.717, 1.165) is 23.5 Å². The minimum atomic E-state index is -3.82. The molecule has 0 radical (unpaired) electrons. The number of halogens is 2. The molecule has 40 heavy (non-hydrogen) atoms. The molecule has 0 aliphatic carbocycles. The second-order valence-electron chi connectivity index (χ2n) is 9.63. The summed E-state index contributed by atoms with van der Waals surface area (Å²) in [6.07, 6.45) is 2.88. The Bertz CT molecular complexity index is 1880. The van der Waals surface area contributed by atoms with E-state index < -0.39 is 22.3 Å². The molecule has 1 N–H and O–H groups in total. The average Bonchev–Trinajstić information content (AvgIpc) is 3.42. The van der Waals surface area contributed by atoms with Crippen molar-refractivity contribution in [1.29, 1.82) is 0 Å². The molecule has 0 aliphatic heterocycles. The lowest BCUT2D eigenvalue weighted by molar-refractivity contribution is 0.272. The minimum Gasteiger partial charge on any atom is -0.440 e. The molecule has 3 heterocycles. The number of sulfone groups is 1. The largest absolute Gasteiger partial charge is 0.440 e. The maximum Gasteiger partial charge on any atom is 0.192 e. The standard InChI is InChI=1S/C29H26ClFN4O4S/c1-15-8-21(12-27(30)33-15)29-28(34-18(4)39-29)22-9-19(6-7-25(22)35-13-16(2)32-17(35)3)20-10-24(31)23(14-36)26(11-20)40(5,37)38/h6-13,36H,14H2,1-5H3. The van der Waals surface area contributed by atoms with Crippen molar-refractivity contribution in [2.24, 2.45) is 0 Å². The molecule has 0 bridgehead atoms. The van der Waals surface area contributed by atoms with E-state index in [-0.39, 0.29) is 10.5 Å². The number of aliphatic hydroxyl groups excluding tert-OH is 1. The summed E-state index contributed by atoms with van der Waals surface area (Å²) in [6, 6.07) is 11.5. The third-order valence-electron chi connectivity index (χ3n) is 6.48. The van der Waals surface area contributed by atoms with Crippen molar-refractivity contribution in [3.8, 4) is 39.4 Å². The number of aryl methyl sites for hydroxylation is 4. The fraction of sp³-hybridized carbons (Fsp3) is 0.207. The smallest absolute Gasteiger partial charge is 0.192 e. The van der Waals surface area contributed by atoms with Gasteiger partial charge in [-0.05, 0) is 68.3 Å². The number of pyridine rings is 1. The molecule has 5 aromatic rings. The molecular formula is C29H26ClFN4O4S. The Kier molecular flexibility index (Phi) is 7.11. The lowest BCUT2D eigenvalue weighted by Crippen LogP contribution is -2.06. The molecule has 3 aromatic heterocycles. The maximum atomic E-state index is 15.0. The highest BCUT2D eigenvalue weighted by Crippen LogP contribution is 2.40. The normalized spacial score (nSPS) is 11.8. The third kappa shape index (κ3) is 5.17. The molecule has 0 saturated carbocycles. The van der Waals surface area contributed by atoms with Crippen LogP contribution in [0.2, 0.25) is 5.15 Å². The summed E-state index contributed by atoms with van der Waals surface area (Å²) in [4.78, 5) is 13.2. The number of aromatic nitrogens is 4. The van der Waals surface area contributed by atoms with Crippen LogP contribution in [0.4, 0.5) is 4.39 Å². The topological polar surface area (TPSA) is 111 Å². The molecular weight excluding hydrogens is 555 g/mol. The zero-order chi connectivity index (χ0) is 28.9. The van der Waals surface area contributed by atoms with Gasteiger partial charge in [0.1, 0.15) is 22.5 Å².